The van der Waals surface area contributed by atoms with Gasteiger partial charge in [-0.15, -0.1) is 0 Å². The van der Waals surface area contributed by atoms with E-state index in [-0.39, 0.29) is 37.4 Å². The smallest absolute Gasteiger partial charge is 0.416 e. The van der Waals surface area contributed by atoms with Crippen molar-refractivity contribution in [3.8, 4) is 5.75 Å². The number of Topliss-reactive ketones (excluding diaryl/α,β-unsaturated/α-hetero) is 1. The monoisotopic (exact) mass is 480 g/mol. The van der Waals surface area contributed by atoms with E-state index in [1.807, 2.05) is 0 Å². The molecule has 1 aliphatic rings. The SMILES string of the molecule is COc1ccc(C(=O)C(C)OC(=O)C2CCN(c3ccc(C(F)(F)F)cc3[N+](=O)[O-])CC2)cc1. The molecule has 0 amide bonds. The number of alkyl halides is 3. The Morgan fingerprint density at radius 2 is 1.74 bits per heavy atom. The number of ether oxygens (including phenoxy) is 2. The number of anilines is 1. The number of piperidine rings is 1. The average Bonchev–Trinajstić information content (AvgIpc) is 2.82. The zero-order chi connectivity index (χ0) is 25.0. The van der Waals surface area contributed by atoms with Gasteiger partial charge in [-0.2, -0.15) is 13.2 Å². The zero-order valence-electron chi connectivity index (χ0n) is 18.5. The van der Waals surface area contributed by atoms with Crippen LogP contribution in [0.1, 0.15) is 35.7 Å². The maximum atomic E-state index is 12.9. The number of hydrogen-bond acceptors (Lipinski definition) is 7. The van der Waals surface area contributed by atoms with Crippen molar-refractivity contribution in [1.29, 1.82) is 0 Å². The van der Waals surface area contributed by atoms with Crippen LogP contribution in [0, 0.1) is 16.0 Å². The molecular formula is C23H23F3N2O6. The summed E-state index contributed by atoms with van der Waals surface area (Å²) in [6.07, 6.45) is -5.14. The summed E-state index contributed by atoms with van der Waals surface area (Å²) in [5, 5.41) is 11.4. The number of ketones is 1. The second-order valence-corrected chi connectivity index (χ2v) is 7.89. The van der Waals surface area contributed by atoms with Crippen LogP contribution in [-0.2, 0) is 15.7 Å². The number of nitro groups is 1. The third kappa shape index (κ3) is 5.64. The Hall–Kier alpha value is -3.63. The molecule has 0 saturated carbocycles. The molecule has 1 fully saturated rings. The molecule has 1 aliphatic heterocycles. The largest absolute Gasteiger partial charge is 0.497 e. The summed E-state index contributed by atoms with van der Waals surface area (Å²) in [4.78, 5) is 37.2. The summed E-state index contributed by atoms with van der Waals surface area (Å²) in [5.41, 5.74) is -1.31. The van der Waals surface area contributed by atoms with Crippen LogP contribution in [-0.4, -0.2) is 43.0 Å². The lowest BCUT2D eigenvalue weighted by Gasteiger charge is -2.32. The first-order valence-electron chi connectivity index (χ1n) is 10.5. The number of nitrogens with zero attached hydrogens (tertiary/aromatic N) is 2. The van der Waals surface area contributed by atoms with E-state index in [0.29, 0.717) is 17.4 Å². The summed E-state index contributed by atoms with van der Waals surface area (Å²) in [7, 11) is 1.50. The fourth-order valence-corrected chi connectivity index (χ4v) is 3.78. The first kappa shape index (κ1) is 25.0. The van der Waals surface area contributed by atoms with Crippen LogP contribution in [0.15, 0.2) is 42.5 Å². The number of carbonyl (C=O) groups excluding carboxylic acids is 2. The lowest BCUT2D eigenvalue weighted by atomic mass is 9.96. The van der Waals surface area contributed by atoms with Crippen molar-refractivity contribution in [1.82, 2.24) is 0 Å². The lowest BCUT2D eigenvalue weighted by molar-refractivity contribution is -0.384. The maximum Gasteiger partial charge on any atom is 0.416 e. The summed E-state index contributed by atoms with van der Waals surface area (Å²) >= 11 is 0. The summed E-state index contributed by atoms with van der Waals surface area (Å²) in [6, 6.07) is 8.78. The first-order chi connectivity index (χ1) is 16.0. The molecule has 0 aliphatic carbocycles. The van der Waals surface area contributed by atoms with Crippen molar-refractivity contribution < 1.29 is 37.2 Å². The highest BCUT2D eigenvalue weighted by Crippen LogP contribution is 2.37. The number of methoxy groups -OCH3 is 1. The Kier molecular flexibility index (Phi) is 7.43. The number of esters is 1. The van der Waals surface area contributed by atoms with Gasteiger partial charge in [-0.05, 0) is 56.2 Å². The fraction of sp³-hybridized carbons (Fsp3) is 0.391. The highest BCUT2D eigenvalue weighted by atomic mass is 19.4. The number of rotatable bonds is 7. The normalized spacial score (nSPS) is 15.5. The Morgan fingerprint density at radius 1 is 1.12 bits per heavy atom. The quantitative estimate of drug-likeness (QED) is 0.246. The Morgan fingerprint density at radius 3 is 2.26 bits per heavy atom. The second kappa shape index (κ2) is 10.1. The Labute approximate surface area is 193 Å². The molecule has 3 rings (SSSR count). The van der Waals surface area contributed by atoms with Gasteiger partial charge in [-0.25, -0.2) is 0 Å². The van der Waals surface area contributed by atoms with Gasteiger partial charge in [-0.3, -0.25) is 19.7 Å². The van der Waals surface area contributed by atoms with Crippen molar-refractivity contribution in [2.75, 3.05) is 25.1 Å². The number of halogens is 3. The fourth-order valence-electron chi connectivity index (χ4n) is 3.78. The van der Waals surface area contributed by atoms with E-state index in [0.717, 1.165) is 12.1 Å². The van der Waals surface area contributed by atoms with Gasteiger partial charge in [0.2, 0.25) is 5.78 Å². The van der Waals surface area contributed by atoms with E-state index < -0.39 is 40.3 Å². The molecule has 182 valence electrons. The number of benzene rings is 2. The predicted molar refractivity (Wildman–Crippen MR) is 116 cm³/mol. The molecule has 1 saturated heterocycles. The van der Waals surface area contributed by atoms with Crippen molar-refractivity contribution in [3.63, 3.8) is 0 Å². The molecule has 1 atom stereocenters. The number of nitro benzene ring substituents is 1. The van der Waals surface area contributed by atoms with E-state index >= 15 is 0 Å². The topological polar surface area (TPSA) is 99.0 Å². The van der Waals surface area contributed by atoms with Crippen molar-refractivity contribution in [3.05, 3.63) is 63.7 Å². The Bertz CT molecular complexity index is 1060. The van der Waals surface area contributed by atoms with Crippen LogP contribution in [0.4, 0.5) is 24.5 Å². The van der Waals surface area contributed by atoms with Gasteiger partial charge in [0.15, 0.2) is 6.10 Å². The summed E-state index contributed by atoms with van der Waals surface area (Å²) in [5.74, 6) is -0.873. The van der Waals surface area contributed by atoms with E-state index in [2.05, 4.69) is 0 Å². The van der Waals surface area contributed by atoms with Gasteiger partial charge in [0.1, 0.15) is 11.4 Å². The van der Waals surface area contributed by atoms with Gasteiger partial charge in [-0.1, -0.05) is 0 Å². The number of hydrogen-bond donors (Lipinski definition) is 0. The number of carbonyl (C=O) groups is 2. The van der Waals surface area contributed by atoms with E-state index in [1.165, 1.54) is 14.0 Å². The third-order valence-electron chi connectivity index (χ3n) is 5.71. The van der Waals surface area contributed by atoms with Crippen LogP contribution in [0.2, 0.25) is 0 Å². The molecule has 2 aromatic carbocycles. The highest BCUT2D eigenvalue weighted by Gasteiger charge is 2.35. The molecule has 2 aromatic rings. The molecule has 0 spiro atoms. The van der Waals surface area contributed by atoms with Crippen molar-refractivity contribution in [2.45, 2.75) is 32.0 Å². The van der Waals surface area contributed by atoms with E-state index in [9.17, 15) is 32.9 Å². The molecule has 0 N–H and O–H groups in total. The van der Waals surface area contributed by atoms with Crippen LogP contribution in [0.25, 0.3) is 0 Å². The van der Waals surface area contributed by atoms with Crippen LogP contribution in [0.3, 0.4) is 0 Å². The van der Waals surface area contributed by atoms with Gasteiger partial charge < -0.3 is 14.4 Å². The molecular weight excluding hydrogens is 457 g/mol. The Balaban J connectivity index is 1.61. The van der Waals surface area contributed by atoms with Gasteiger partial charge in [0.25, 0.3) is 5.69 Å². The lowest BCUT2D eigenvalue weighted by Crippen LogP contribution is -2.38. The first-order valence-corrected chi connectivity index (χ1v) is 10.5. The van der Waals surface area contributed by atoms with Gasteiger partial charge in [0, 0.05) is 24.7 Å². The van der Waals surface area contributed by atoms with Crippen molar-refractivity contribution >= 4 is 23.1 Å². The minimum absolute atomic E-state index is 0.0628. The third-order valence-corrected chi connectivity index (χ3v) is 5.71. The molecule has 0 radical (unpaired) electrons. The summed E-state index contributed by atoms with van der Waals surface area (Å²) in [6.45, 7) is 1.91. The van der Waals surface area contributed by atoms with Crippen LogP contribution in [0.5, 0.6) is 5.75 Å². The highest BCUT2D eigenvalue weighted by molar-refractivity contribution is 6.00. The molecule has 0 aromatic heterocycles. The van der Waals surface area contributed by atoms with E-state index in [4.69, 9.17) is 9.47 Å². The molecule has 0 bridgehead atoms. The van der Waals surface area contributed by atoms with Crippen LogP contribution >= 0.6 is 0 Å². The van der Waals surface area contributed by atoms with Gasteiger partial charge >= 0.3 is 12.1 Å². The maximum absolute atomic E-state index is 12.9. The summed E-state index contributed by atoms with van der Waals surface area (Å²) < 4.78 is 49.2. The predicted octanol–water partition coefficient (Wildman–Crippen LogP) is 4.65. The standard InChI is InChI=1S/C23H23F3N2O6/c1-14(21(29)15-3-6-18(33-2)7-4-15)34-22(30)16-9-11-27(12-10-16)19-8-5-17(23(24,25)26)13-20(19)28(31)32/h3-8,13-14,16H,9-12H2,1-2H3. The second-order valence-electron chi connectivity index (χ2n) is 7.89. The molecule has 8 nitrogen and oxygen atoms in total. The molecule has 1 unspecified atom stereocenters. The van der Waals surface area contributed by atoms with Gasteiger partial charge in [0.05, 0.1) is 23.5 Å². The molecule has 34 heavy (non-hydrogen) atoms. The molecule has 11 heteroatoms. The van der Waals surface area contributed by atoms with E-state index in [1.54, 1.807) is 29.2 Å². The van der Waals surface area contributed by atoms with Crippen molar-refractivity contribution in [2.24, 2.45) is 5.92 Å². The minimum Gasteiger partial charge on any atom is -0.497 e. The van der Waals surface area contributed by atoms with Crippen LogP contribution < -0.4 is 9.64 Å². The minimum atomic E-state index is -4.69. The molecule has 1 heterocycles. The average molecular weight is 480 g/mol. The zero-order valence-corrected chi connectivity index (χ0v) is 18.5.